The number of aryl methyl sites for hydroxylation is 3. The van der Waals surface area contributed by atoms with Gasteiger partial charge in [0, 0.05) is 25.5 Å². The Kier molecular flexibility index (Phi) is 7.01. The van der Waals surface area contributed by atoms with Crippen LogP contribution in [0.5, 0.6) is 5.75 Å². The van der Waals surface area contributed by atoms with E-state index >= 15 is 0 Å². The molecule has 1 aromatic heterocycles. The molecule has 3 aromatic rings. The Bertz CT molecular complexity index is 934. The number of hydrogen-bond acceptors (Lipinski definition) is 3. The van der Waals surface area contributed by atoms with Crippen LogP contribution in [0.3, 0.4) is 0 Å². The van der Waals surface area contributed by atoms with Crippen molar-refractivity contribution in [2.45, 2.75) is 40.3 Å². The molecule has 0 unspecified atom stereocenters. The quantitative estimate of drug-likeness (QED) is 0.545. The molecular formula is C25H28N2O2. The fourth-order valence-electron chi connectivity index (χ4n) is 3.36. The zero-order chi connectivity index (χ0) is 20.6. The van der Waals surface area contributed by atoms with Crippen LogP contribution in [0.2, 0.25) is 0 Å². The Morgan fingerprint density at radius 3 is 2.31 bits per heavy atom. The van der Waals surface area contributed by atoms with Gasteiger partial charge in [-0.15, -0.1) is 0 Å². The summed E-state index contributed by atoms with van der Waals surface area (Å²) in [6, 6.07) is 18.1. The van der Waals surface area contributed by atoms with Crippen molar-refractivity contribution in [2.24, 2.45) is 0 Å². The second-order valence-corrected chi connectivity index (χ2v) is 7.36. The Balaban J connectivity index is 1.69. The van der Waals surface area contributed by atoms with E-state index in [2.05, 4.69) is 24.0 Å². The molecule has 3 rings (SSSR count). The number of carbonyl (C=O) groups is 1. The standard InChI is InChI=1S/C25H28N2O2/c1-19-8-4-5-12-23(19)18-27(17-22-11-7-14-26-16-22)24(28)13-15-29-25-20(2)9-6-10-21(25)3/h4-12,14,16H,13,15,17-18H2,1-3H3. The third-order valence-electron chi connectivity index (χ3n) is 5.04. The van der Waals surface area contributed by atoms with Crippen LogP contribution in [0, 0.1) is 20.8 Å². The average molecular weight is 389 g/mol. The van der Waals surface area contributed by atoms with Crippen molar-refractivity contribution in [2.75, 3.05) is 6.61 Å². The number of ether oxygens (including phenoxy) is 1. The second kappa shape index (κ2) is 9.87. The van der Waals surface area contributed by atoms with Gasteiger partial charge in [-0.1, -0.05) is 48.5 Å². The monoisotopic (exact) mass is 388 g/mol. The summed E-state index contributed by atoms with van der Waals surface area (Å²) >= 11 is 0. The third-order valence-corrected chi connectivity index (χ3v) is 5.04. The van der Waals surface area contributed by atoms with E-state index in [1.807, 2.05) is 67.4 Å². The number of pyridine rings is 1. The van der Waals surface area contributed by atoms with E-state index in [4.69, 9.17) is 4.74 Å². The first-order valence-electron chi connectivity index (χ1n) is 9.95. The molecule has 1 heterocycles. The van der Waals surface area contributed by atoms with E-state index in [1.165, 1.54) is 5.56 Å². The molecule has 4 nitrogen and oxygen atoms in total. The van der Waals surface area contributed by atoms with Gasteiger partial charge in [-0.2, -0.15) is 0 Å². The van der Waals surface area contributed by atoms with Crippen molar-refractivity contribution >= 4 is 5.91 Å². The molecule has 4 heteroatoms. The first-order chi connectivity index (χ1) is 14.0. The van der Waals surface area contributed by atoms with E-state index in [9.17, 15) is 4.79 Å². The molecule has 0 bridgehead atoms. The molecule has 29 heavy (non-hydrogen) atoms. The van der Waals surface area contributed by atoms with E-state index < -0.39 is 0 Å². The Morgan fingerprint density at radius 1 is 0.897 bits per heavy atom. The molecule has 0 atom stereocenters. The number of para-hydroxylation sites is 1. The second-order valence-electron chi connectivity index (χ2n) is 7.36. The maximum absolute atomic E-state index is 13.0. The first kappa shape index (κ1) is 20.6. The van der Waals surface area contributed by atoms with Crippen LogP contribution in [-0.4, -0.2) is 22.4 Å². The van der Waals surface area contributed by atoms with E-state index in [-0.39, 0.29) is 5.91 Å². The van der Waals surface area contributed by atoms with Crippen molar-refractivity contribution in [3.63, 3.8) is 0 Å². The van der Waals surface area contributed by atoms with E-state index in [0.29, 0.717) is 26.1 Å². The van der Waals surface area contributed by atoms with Gasteiger partial charge in [0.25, 0.3) is 0 Å². The van der Waals surface area contributed by atoms with Crippen LogP contribution in [-0.2, 0) is 17.9 Å². The molecular weight excluding hydrogens is 360 g/mol. The number of aromatic nitrogens is 1. The van der Waals surface area contributed by atoms with Gasteiger partial charge in [0.2, 0.25) is 5.91 Å². The molecule has 0 radical (unpaired) electrons. The lowest BCUT2D eigenvalue weighted by atomic mass is 10.1. The minimum Gasteiger partial charge on any atom is -0.493 e. The maximum atomic E-state index is 13.0. The number of nitrogens with zero attached hydrogens (tertiary/aromatic N) is 2. The van der Waals surface area contributed by atoms with Gasteiger partial charge >= 0.3 is 0 Å². The number of carbonyl (C=O) groups excluding carboxylic acids is 1. The molecule has 2 aromatic carbocycles. The highest BCUT2D eigenvalue weighted by molar-refractivity contribution is 5.76. The first-order valence-corrected chi connectivity index (χ1v) is 9.95. The number of amides is 1. The molecule has 0 spiro atoms. The highest BCUT2D eigenvalue weighted by atomic mass is 16.5. The number of rotatable bonds is 8. The summed E-state index contributed by atoms with van der Waals surface area (Å²) in [6.45, 7) is 7.59. The summed E-state index contributed by atoms with van der Waals surface area (Å²) in [6.07, 6.45) is 3.89. The van der Waals surface area contributed by atoms with Gasteiger partial charge < -0.3 is 9.64 Å². The topological polar surface area (TPSA) is 42.4 Å². The fraction of sp³-hybridized carbons (Fsp3) is 0.280. The largest absolute Gasteiger partial charge is 0.493 e. The van der Waals surface area contributed by atoms with Crippen molar-refractivity contribution < 1.29 is 9.53 Å². The maximum Gasteiger partial charge on any atom is 0.226 e. The molecule has 1 amide bonds. The SMILES string of the molecule is Cc1ccccc1CN(Cc1cccnc1)C(=O)CCOc1c(C)cccc1C. The summed E-state index contributed by atoms with van der Waals surface area (Å²) in [7, 11) is 0. The minimum atomic E-state index is 0.0725. The molecule has 0 aliphatic heterocycles. The summed E-state index contributed by atoms with van der Waals surface area (Å²) in [5.41, 5.74) is 5.53. The van der Waals surface area contributed by atoms with Crippen LogP contribution in [0.1, 0.15) is 34.2 Å². The third kappa shape index (κ3) is 5.67. The van der Waals surface area contributed by atoms with Gasteiger partial charge in [0.1, 0.15) is 5.75 Å². The zero-order valence-corrected chi connectivity index (χ0v) is 17.4. The molecule has 0 aliphatic carbocycles. The summed E-state index contributed by atoms with van der Waals surface area (Å²) < 4.78 is 5.95. The predicted octanol–water partition coefficient (Wildman–Crippen LogP) is 5.00. The van der Waals surface area contributed by atoms with Gasteiger partial charge in [0.15, 0.2) is 0 Å². The molecule has 0 N–H and O–H groups in total. The highest BCUT2D eigenvalue weighted by Gasteiger charge is 2.16. The summed E-state index contributed by atoms with van der Waals surface area (Å²) in [5.74, 6) is 0.946. The minimum absolute atomic E-state index is 0.0725. The Labute approximate surface area is 173 Å². The molecule has 0 saturated carbocycles. The van der Waals surface area contributed by atoms with E-state index in [0.717, 1.165) is 28.0 Å². The lowest BCUT2D eigenvalue weighted by Gasteiger charge is -2.24. The van der Waals surface area contributed by atoms with Gasteiger partial charge in [-0.25, -0.2) is 0 Å². The van der Waals surface area contributed by atoms with Crippen molar-refractivity contribution in [3.05, 3.63) is 94.8 Å². The lowest BCUT2D eigenvalue weighted by Crippen LogP contribution is -2.31. The van der Waals surface area contributed by atoms with Gasteiger partial charge in [0.05, 0.1) is 13.0 Å². The smallest absolute Gasteiger partial charge is 0.226 e. The average Bonchev–Trinajstić information content (AvgIpc) is 2.72. The summed E-state index contributed by atoms with van der Waals surface area (Å²) in [5, 5.41) is 0. The predicted molar refractivity (Wildman–Crippen MR) is 116 cm³/mol. The molecule has 0 fully saturated rings. The van der Waals surface area contributed by atoms with Crippen molar-refractivity contribution in [1.29, 1.82) is 0 Å². The zero-order valence-electron chi connectivity index (χ0n) is 17.4. The Hall–Kier alpha value is -3.14. The van der Waals surface area contributed by atoms with Crippen molar-refractivity contribution in [3.8, 4) is 5.75 Å². The van der Waals surface area contributed by atoms with Gasteiger partial charge in [-0.05, 0) is 54.7 Å². The van der Waals surface area contributed by atoms with Crippen molar-refractivity contribution in [1.82, 2.24) is 9.88 Å². The lowest BCUT2D eigenvalue weighted by molar-refractivity contribution is -0.133. The van der Waals surface area contributed by atoms with Crippen LogP contribution in [0.4, 0.5) is 0 Å². The summed E-state index contributed by atoms with van der Waals surface area (Å²) in [4.78, 5) is 19.1. The van der Waals surface area contributed by atoms with Crippen LogP contribution >= 0.6 is 0 Å². The Morgan fingerprint density at radius 2 is 1.62 bits per heavy atom. The fourth-order valence-corrected chi connectivity index (χ4v) is 3.36. The highest BCUT2D eigenvalue weighted by Crippen LogP contribution is 2.22. The normalized spacial score (nSPS) is 10.6. The van der Waals surface area contributed by atoms with E-state index in [1.54, 1.807) is 6.20 Å². The van der Waals surface area contributed by atoms with Gasteiger partial charge in [-0.3, -0.25) is 9.78 Å². The number of hydrogen-bond donors (Lipinski definition) is 0. The number of benzene rings is 2. The van der Waals surface area contributed by atoms with Crippen LogP contribution in [0.15, 0.2) is 67.0 Å². The molecule has 0 saturated heterocycles. The van der Waals surface area contributed by atoms with Crippen LogP contribution in [0.25, 0.3) is 0 Å². The van der Waals surface area contributed by atoms with Crippen LogP contribution < -0.4 is 4.74 Å². The molecule has 0 aliphatic rings. The molecule has 150 valence electrons.